The minimum Gasteiger partial charge on any atom is -0.496 e. The minimum atomic E-state index is 0.443. The van der Waals surface area contributed by atoms with Gasteiger partial charge in [-0.2, -0.15) is 0 Å². The summed E-state index contributed by atoms with van der Waals surface area (Å²) in [6.07, 6.45) is 0. The molecule has 0 aliphatic carbocycles. The maximum Gasteiger partial charge on any atom is 0.127 e. The first-order valence-electron chi connectivity index (χ1n) is 12.5. The van der Waals surface area contributed by atoms with E-state index in [0.717, 1.165) is 56.4 Å². The van der Waals surface area contributed by atoms with Gasteiger partial charge in [0.25, 0.3) is 0 Å². The van der Waals surface area contributed by atoms with Gasteiger partial charge in [0, 0.05) is 11.1 Å². The lowest BCUT2D eigenvalue weighted by Gasteiger charge is -2.21. The molecular weight excluding hydrogens is 510 g/mol. The third kappa shape index (κ3) is 5.68. The zero-order chi connectivity index (χ0) is 27.4. The summed E-state index contributed by atoms with van der Waals surface area (Å²) in [6.45, 7) is 8.41. The molecule has 2 atom stereocenters. The average molecular weight is 547 g/mol. The van der Waals surface area contributed by atoms with Crippen LogP contribution in [0.15, 0.2) is 60.7 Å². The van der Waals surface area contributed by atoms with E-state index in [1.54, 1.807) is 28.4 Å². The summed E-state index contributed by atoms with van der Waals surface area (Å²) in [7, 11) is 7.82. The third-order valence-corrected chi connectivity index (χ3v) is 9.16. The minimum absolute atomic E-state index is 0.443. The lowest BCUT2D eigenvalue weighted by atomic mass is 10.0. The lowest BCUT2D eigenvalue weighted by Crippen LogP contribution is -2.15. The number of ether oxygens (including phenoxy) is 4. The molecule has 0 aliphatic rings. The maximum absolute atomic E-state index is 5.95. The molecule has 38 heavy (non-hydrogen) atoms. The highest BCUT2D eigenvalue weighted by molar-refractivity contribution is 7.56. The smallest absolute Gasteiger partial charge is 0.127 e. The van der Waals surface area contributed by atoms with Crippen LogP contribution in [0, 0.1) is 27.7 Å². The molecule has 0 heterocycles. The van der Waals surface area contributed by atoms with Gasteiger partial charge in [-0.25, -0.2) is 0 Å². The van der Waals surface area contributed by atoms with Crippen LogP contribution in [0.5, 0.6) is 23.0 Å². The Bertz CT molecular complexity index is 1310. The molecule has 0 saturated heterocycles. The molecule has 0 radical (unpaired) electrons. The van der Waals surface area contributed by atoms with Gasteiger partial charge in [-0.3, -0.25) is 0 Å². The normalized spacial score (nSPS) is 11.5. The van der Waals surface area contributed by atoms with Gasteiger partial charge >= 0.3 is 0 Å². The Morgan fingerprint density at radius 1 is 0.474 bits per heavy atom. The maximum atomic E-state index is 5.95. The van der Waals surface area contributed by atoms with Crippen molar-refractivity contribution >= 4 is 38.4 Å². The van der Waals surface area contributed by atoms with Crippen LogP contribution in [0.4, 0.5) is 0 Å². The van der Waals surface area contributed by atoms with Gasteiger partial charge in [0.1, 0.15) is 23.0 Å². The Morgan fingerprint density at radius 2 is 0.816 bits per heavy atom. The number of methoxy groups -OCH3 is 4. The molecule has 4 rings (SSSR count). The zero-order valence-corrected chi connectivity index (χ0v) is 25.4. The standard InChI is InChI=1S/C32H36O4P2/c1-19-15-23(16-20(2)31(19)35-7)37-27-13-9-11-25(33-5)29(27)30-26(34-6)12-10-14-28(30)38-24-17-21(3)32(36-8)22(4)18-24/h9-18,37-38H,1-8H3. The Kier molecular flexibility index (Phi) is 8.98. The predicted molar refractivity (Wildman–Crippen MR) is 165 cm³/mol. The number of rotatable bonds is 9. The van der Waals surface area contributed by atoms with E-state index in [2.05, 4.69) is 76.2 Å². The van der Waals surface area contributed by atoms with Crippen molar-refractivity contribution in [1.82, 2.24) is 0 Å². The Balaban J connectivity index is 1.87. The fourth-order valence-electron chi connectivity index (χ4n) is 5.13. The Hall–Kier alpha value is -3.06. The second kappa shape index (κ2) is 12.2. The van der Waals surface area contributed by atoms with Crippen LogP contribution >= 0.6 is 17.2 Å². The first-order chi connectivity index (χ1) is 18.3. The van der Waals surface area contributed by atoms with E-state index in [4.69, 9.17) is 18.9 Å². The topological polar surface area (TPSA) is 36.9 Å². The van der Waals surface area contributed by atoms with Crippen molar-refractivity contribution in [2.75, 3.05) is 28.4 Å². The summed E-state index contributed by atoms with van der Waals surface area (Å²) in [6, 6.07) is 21.5. The van der Waals surface area contributed by atoms with Crippen molar-refractivity contribution in [3.8, 4) is 34.1 Å². The Labute approximate surface area is 230 Å². The van der Waals surface area contributed by atoms with Crippen LogP contribution in [0.2, 0.25) is 0 Å². The predicted octanol–water partition coefficient (Wildman–Crippen LogP) is 5.88. The van der Waals surface area contributed by atoms with Crippen molar-refractivity contribution in [2.45, 2.75) is 27.7 Å². The molecule has 0 spiro atoms. The van der Waals surface area contributed by atoms with E-state index < -0.39 is 0 Å². The monoisotopic (exact) mass is 546 g/mol. The number of hydrogen-bond acceptors (Lipinski definition) is 4. The number of hydrogen-bond donors (Lipinski definition) is 0. The van der Waals surface area contributed by atoms with Crippen molar-refractivity contribution in [3.63, 3.8) is 0 Å². The highest BCUT2D eigenvalue weighted by Crippen LogP contribution is 2.39. The van der Waals surface area contributed by atoms with Gasteiger partial charge in [0.15, 0.2) is 0 Å². The molecule has 4 nitrogen and oxygen atoms in total. The Morgan fingerprint density at radius 3 is 1.11 bits per heavy atom. The van der Waals surface area contributed by atoms with Crippen LogP contribution < -0.4 is 40.2 Å². The SMILES string of the molecule is COc1cccc(Pc2cc(C)c(OC)c(C)c2)c1-c1c(OC)cccc1Pc1cc(C)c(OC)c(C)c1. The summed E-state index contributed by atoms with van der Waals surface area (Å²) in [4.78, 5) is 0. The van der Waals surface area contributed by atoms with Gasteiger partial charge in [-0.05, 0) is 108 Å². The molecule has 0 bridgehead atoms. The third-order valence-electron chi connectivity index (χ3n) is 6.63. The fourth-order valence-corrected chi connectivity index (χ4v) is 8.01. The van der Waals surface area contributed by atoms with E-state index in [1.165, 1.54) is 21.2 Å². The molecule has 0 aliphatic heterocycles. The van der Waals surface area contributed by atoms with Gasteiger partial charge in [0.05, 0.1) is 28.4 Å². The van der Waals surface area contributed by atoms with E-state index in [0.29, 0.717) is 17.2 Å². The van der Waals surface area contributed by atoms with E-state index in [-0.39, 0.29) is 0 Å². The molecule has 0 fully saturated rings. The van der Waals surface area contributed by atoms with Gasteiger partial charge in [0.2, 0.25) is 0 Å². The first kappa shape index (κ1) is 28.0. The van der Waals surface area contributed by atoms with Gasteiger partial charge in [-0.1, -0.05) is 41.4 Å². The molecule has 0 aromatic heterocycles. The van der Waals surface area contributed by atoms with Crippen molar-refractivity contribution < 1.29 is 18.9 Å². The second-order valence-corrected chi connectivity index (χ2v) is 12.0. The summed E-state index contributed by atoms with van der Waals surface area (Å²) in [5.41, 5.74) is 6.74. The summed E-state index contributed by atoms with van der Waals surface area (Å²) in [5, 5.41) is 4.95. The highest BCUT2D eigenvalue weighted by Gasteiger charge is 2.21. The van der Waals surface area contributed by atoms with Crippen LogP contribution in [0.3, 0.4) is 0 Å². The average Bonchev–Trinajstić information content (AvgIpc) is 2.88. The summed E-state index contributed by atoms with van der Waals surface area (Å²) in [5.74, 6) is 3.58. The van der Waals surface area contributed by atoms with E-state index in [9.17, 15) is 0 Å². The quantitative estimate of drug-likeness (QED) is 0.246. The summed E-state index contributed by atoms with van der Waals surface area (Å²) < 4.78 is 23.1. The molecule has 6 heteroatoms. The van der Waals surface area contributed by atoms with Crippen LogP contribution in [0.1, 0.15) is 22.3 Å². The van der Waals surface area contributed by atoms with Crippen LogP contribution in [-0.2, 0) is 0 Å². The molecule has 0 N–H and O–H groups in total. The molecule has 198 valence electrons. The van der Waals surface area contributed by atoms with E-state index in [1.807, 2.05) is 12.1 Å². The molecule has 4 aromatic rings. The number of aryl methyl sites for hydroxylation is 4. The molecule has 0 saturated carbocycles. The number of benzene rings is 4. The second-order valence-electron chi connectivity index (χ2n) is 9.30. The fraction of sp³-hybridized carbons (Fsp3) is 0.250. The van der Waals surface area contributed by atoms with Crippen LogP contribution in [0.25, 0.3) is 11.1 Å². The van der Waals surface area contributed by atoms with Gasteiger partial charge < -0.3 is 18.9 Å². The van der Waals surface area contributed by atoms with Crippen molar-refractivity contribution in [1.29, 1.82) is 0 Å². The molecule has 4 aromatic carbocycles. The van der Waals surface area contributed by atoms with E-state index >= 15 is 0 Å². The zero-order valence-electron chi connectivity index (χ0n) is 23.4. The van der Waals surface area contributed by atoms with Gasteiger partial charge in [-0.15, -0.1) is 0 Å². The molecule has 2 unspecified atom stereocenters. The highest BCUT2D eigenvalue weighted by atomic mass is 31.1. The van der Waals surface area contributed by atoms with Crippen LogP contribution in [-0.4, -0.2) is 28.4 Å². The first-order valence-corrected chi connectivity index (χ1v) is 14.5. The van der Waals surface area contributed by atoms with Crippen molar-refractivity contribution in [3.05, 3.63) is 82.9 Å². The summed E-state index contributed by atoms with van der Waals surface area (Å²) >= 11 is 0. The lowest BCUT2D eigenvalue weighted by molar-refractivity contribution is 0.408. The largest absolute Gasteiger partial charge is 0.496 e. The molecular formula is C32H36O4P2. The van der Waals surface area contributed by atoms with Crippen molar-refractivity contribution in [2.24, 2.45) is 0 Å². The molecule has 0 amide bonds.